The number of aryl methyl sites for hydroxylation is 1. The van der Waals surface area contributed by atoms with Crippen LogP contribution in [0, 0.1) is 30.0 Å². The summed E-state index contributed by atoms with van der Waals surface area (Å²) < 4.78 is 19.6. The van der Waals surface area contributed by atoms with Gasteiger partial charge in [0.2, 0.25) is 11.8 Å². The Hall–Kier alpha value is -4.25. The second-order valence-electron chi connectivity index (χ2n) is 7.71. The highest BCUT2D eigenvalue weighted by atomic mass is 19.1. The topological polar surface area (TPSA) is 104 Å². The molecule has 0 spiro atoms. The Labute approximate surface area is 191 Å². The van der Waals surface area contributed by atoms with Gasteiger partial charge in [0.15, 0.2) is 0 Å². The SMILES string of the molecule is Cc1cc(Oc2ncccc2C#N)ccc1NC(=O)C(NC(=O)c1ccccc1F)C(C)C. The van der Waals surface area contributed by atoms with E-state index in [0.717, 1.165) is 0 Å². The fourth-order valence-corrected chi connectivity index (χ4v) is 3.12. The zero-order valence-corrected chi connectivity index (χ0v) is 18.4. The first kappa shape index (κ1) is 23.4. The van der Waals surface area contributed by atoms with Crippen molar-refractivity contribution in [2.75, 3.05) is 5.32 Å². The predicted octanol–water partition coefficient (Wildman–Crippen LogP) is 4.59. The van der Waals surface area contributed by atoms with Crippen LogP contribution in [0.5, 0.6) is 11.6 Å². The van der Waals surface area contributed by atoms with E-state index in [-0.39, 0.29) is 17.4 Å². The predicted molar refractivity (Wildman–Crippen MR) is 121 cm³/mol. The number of rotatable bonds is 7. The Morgan fingerprint density at radius 2 is 1.88 bits per heavy atom. The molecule has 0 aliphatic heterocycles. The number of halogens is 1. The van der Waals surface area contributed by atoms with E-state index in [4.69, 9.17) is 4.74 Å². The number of amides is 2. The Balaban J connectivity index is 1.73. The number of nitriles is 1. The molecule has 0 saturated heterocycles. The lowest BCUT2D eigenvalue weighted by atomic mass is 10.0. The van der Waals surface area contributed by atoms with Gasteiger partial charge in [-0.1, -0.05) is 26.0 Å². The van der Waals surface area contributed by atoms with Crippen molar-refractivity contribution in [3.8, 4) is 17.7 Å². The molecule has 3 rings (SSSR count). The number of hydrogen-bond acceptors (Lipinski definition) is 5. The smallest absolute Gasteiger partial charge is 0.254 e. The largest absolute Gasteiger partial charge is 0.438 e. The zero-order chi connectivity index (χ0) is 24.0. The van der Waals surface area contributed by atoms with Crippen LogP contribution in [0.15, 0.2) is 60.8 Å². The number of pyridine rings is 1. The number of carbonyl (C=O) groups is 2. The highest BCUT2D eigenvalue weighted by Crippen LogP contribution is 2.27. The molecule has 0 saturated carbocycles. The van der Waals surface area contributed by atoms with Gasteiger partial charge in [0.25, 0.3) is 5.91 Å². The molecule has 1 atom stereocenters. The van der Waals surface area contributed by atoms with Gasteiger partial charge in [0.05, 0.1) is 5.56 Å². The molecule has 1 aromatic heterocycles. The van der Waals surface area contributed by atoms with Crippen LogP contribution in [-0.4, -0.2) is 22.8 Å². The van der Waals surface area contributed by atoms with E-state index in [9.17, 15) is 19.2 Å². The zero-order valence-electron chi connectivity index (χ0n) is 18.4. The normalized spacial score (nSPS) is 11.4. The molecule has 0 bridgehead atoms. The summed E-state index contributed by atoms with van der Waals surface area (Å²) in [6.07, 6.45) is 1.53. The third kappa shape index (κ3) is 5.71. The maximum absolute atomic E-state index is 13.9. The maximum Gasteiger partial charge on any atom is 0.254 e. The number of anilines is 1. The second-order valence-corrected chi connectivity index (χ2v) is 7.71. The monoisotopic (exact) mass is 446 g/mol. The Kier molecular flexibility index (Phi) is 7.36. The van der Waals surface area contributed by atoms with Crippen molar-refractivity contribution in [3.63, 3.8) is 0 Å². The van der Waals surface area contributed by atoms with Crippen LogP contribution < -0.4 is 15.4 Å². The minimum atomic E-state index is -0.876. The van der Waals surface area contributed by atoms with Crippen molar-refractivity contribution in [1.82, 2.24) is 10.3 Å². The van der Waals surface area contributed by atoms with E-state index >= 15 is 0 Å². The summed E-state index contributed by atoms with van der Waals surface area (Å²) >= 11 is 0. The van der Waals surface area contributed by atoms with Crippen molar-refractivity contribution >= 4 is 17.5 Å². The molecule has 0 aliphatic rings. The van der Waals surface area contributed by atoms with E-state index in [2.05, 4.69) is 15.6 Å². The standard InChI is InChI=1S/C25H23FN4O3/c1-15(2)22(30-23(31)19-8-4-5-9-20(19)26)24(32)29-21-11-10-18(13-16(21)3)33-25-17(14-27)7-6-12-28-25/h4-13,15,22H,1-3H3,(H,29,32)(H,30,31). The lowest BCUT2D eigenvalue weighted by Crippen LogP contribution is -2.47. The lowest BCUT2D eigenvalue weighted by molar-refractivity contribution is -0.118. The van der Waals surface area contributed by atoms with Crippen molar-refractivity contribution in [3.05, 3.63) is 83.3 Å². The first-order valence-corrected chi connectivity index (χ1v) is 10.3. The number of carbonyl (C=O) groups excluding carboxylic acids is 2. The van der Waals surface area contributed by atoms with Gasteiger partial charge in [-0.05, 0) is 60.9 Å². The summed E-state index contributed by atoms with van der Waals surface area (Å²) in [5.74, 6) is -1.34. The fourth-order valence-electron chi connectivity index (χ4n) is 3.12. The lowest BCUT2D eigenvalue weighted by Gasteiger charge is -2.22. The molecule has 1 unspecified atom stereocenters. The van der Waals surface area contributed by atoms with Crippen molar-refractivity contribution in [1.29, 1.82) is 5.26 Å². The van der Waals surface area contributed by atoms with Crippen LogP contribution in [0.4, 0.5) is 10.1 Å². The minimum Gasteiger partial charge on any atom is -0.438 e. The molecule has 7 nitrogen and oxygen atoms in total. The molecular weight excluding hydrogens is 423 g/mol. The molecule has 8 heteroatoms. The van der Waals surface area contributed by atoms with Gasteiger partial charge < -0.3 is 15.4 Å². The molecule has 2 amide bonds. The van der Waals surface area contributed by atoms with Gasteiger partial charge >= 0.3 is 0 Å². The van der Waals surface area contributed by atoms with E-state index < -0.39 is 23.7 Å². The molecule has 168 valence electrons. The molecule has 3 aromatic rings. The summed E-state index contributed by atoms with van der Waals surface area (Å²) in [5, 5.41) is 14.6. The van der Waals surface area contributed by atoms with Crippen LogP contribution in [-0.2, 0) is 4.79 Å². The van der Waals surface area contributed by atoms with Crippen molar-refractivity contribution < 1.29 is 18.7 Å². The number of hydrogen-bond donors (Lipinski definition) is 2. The summed E-state index contributed by atoms with van der Waals surface area (Å²) in [6, 6.07) is 15.0. The van der Waals surface area contributed by atoms with E-state index in [1.165, 1.54) is 24.4 Å². The summed E-state index contributed by atoms with van der Waals surface area (Å²) in [4.78, 5) is 29.5. The molecule has 1 heterocycles. The Bertz CT molecular complexity index is 1220. The quantitative estimate of drug-likeness (QED) is 0.553. The highest BCUT2D eigenvalue weighted by molar-refractivity contribution is 6.01. The van der Waals surface area contributed by atoms with Crippen LogP contribution in [0.3, 0.4) is 0 Å². The maximum atomic E-state index is 13.9. The van der Waals surface area contributed by atoms with Crippen LogP contribution in [0.25, 0.3) is 0 Å². The third-order valence-corrected chi connectivity index (χ3v) is 4.92. The third-order valence-electron chi connectivity index (χ3n) is 4.92. The average Bonchev–Trinajstić information content (AvgIpc) is 2.79. The highest BCUT2D eigenvalue weighted by Gasteiger charge is 2.26. The minimum absolute atomic E-state index is 0.125. The van der Waals surface area contributed by atoms with E-state index in [0.29, 0.717) is 22.6 Å². The van der Waals surface area contributed by atoms with Crippen LogP contribution in [0.2, 0.25) is 0 Å². The molecular formula is C25H23FN4O3. The van der Waals surface area contributed by atoms with Gasteiger partial charge in [0.1, 0.15) is 29.2 Å². The molecule has 0 fully saturated rings. The summed E-state index contributed by atoms with van der Waals surface area (Å²) in [7, 11) is 0. The second kappa shape index (κ2) is 10.4. The summed E-state index contributed by atoms with van der Waals surface area (Å²) in [6.45, 7) is 5.36. The van der Waals surface area contributed by atoms with Gasteiger partial charge in [-0.2, -0.15) is 5.26 Å². The van der Waals surface area contributed by atoms with Crippen LogP contribution in [0.1, 0.15) is 35.3 Å². The molecule has 0 radical (unpaired) electrons. The van der Waals surface area contributed by atoms with E-state index in [1.54, 1.807) is 57.2 Å². The molecule has 2 N–H and O–H groups in total. The van der Waals surface area contributed by atoms with Gasteiger partial charge in [-0.25, -0.2) is 9.37 Å². The number of nitrogens with zero attached hydrogens (tertiary/aromatic N) is 2. The number of nitrogens with one attached hydrogen (secondary N) is 2. The van der Waals surface area contributed by atoms with Crippen molar-refractivity contribution in [2.24, 2.45) is 5.92 Å². The fraction of sp³-hybridized carbons (Fsp3) is 0.200. The van der Waals surface area contributed by atoms with Gasteiger partial charge in [0, 0.05) is 11.9 Å². The van der Waals surface area contributed by atoms with Gasteiger partial charge in [-0.15, -0.1) is 0 Å². The first-order chi connectivity index (χ1) is 15.8. The van der Waals surface area contributed by atoms with Crippen molar-refractivity contribution in [2.45, 2.75) is 26.8 Å². The molecule has 0 aliphatic carbocycles. The number of ether oxygens (including phenoxy) is 1. The van der Waals surface area contributed by atoms with E-state index in [1.807, 2.05) is 6.07 Å². The van der Waals surface area contributed by atoms with Gasteiger partial charge in [-0.3, -0.25) is 9.59 Å². The average molecular weight is 446 g/mol. The number of benzene rings is 2. The summed E-state index contributed by atoms with van der Waals surface area (Å²) in [5.41, 5.74) is 1.41. The number of aromatic nitrogens is 1. The first-order valence-electron chi connectivity index (χ1n) is 10.3. The molecule has 33 heavy (non-hydrogen) atoms. The Morgan fingerprint density at radius 1 is 1.12 bits per heavy atom. The van der Waals surface area contributed by atoms with Crippen LogP contribution >= 0.6 is 0 Å². The molecule has 2 aromatic carbocycles. The Morgan fingerprint density at radius 3 is 2.55 bits per heavy atom.